The molecule has 80 valence electrons. The van der Waals surface area contributed by atoms with Gasteiger partial charge in [-0.3, -0.25) is 0 Å². The van der Waals surface area contributed by atoms with Crippen molar-refractivity contribution < 1.29 is 9.53 Å². The average molecular weight is 204 g/mol. The van der Waals surface area contributed by atoms with Crippen LogP contribution in [-0.4, -0.2) is 12.6 Å². The highest BCUT2D eigenvalue weighted by molar-refractivity contribution is 5.86. The predicted molar refractivity (Wildman–Crippen MR) is 61.3 cm³/mol. The van der Waals surface area contributed by atoms with Crippen LogP contribution in [0.5, 0.6) is 0 Å². The summed E-state index contributed by atoms with van der Waals surface area (Å²) in [5.41, 5.74) is 1.00. The van der Waals surface area contributed by atoms with Crippen LogP contribution in [-0.2, 0) is 9.53 Å². The van der Waals surface area contributed by atoms with Crippen LogP contribution in [0.25, 0.3) is 6.08 Å². The van der Waals surface area contributed by atoms with Gasteiger partial charge in [0, 0.05) is 6.08 Å². The predicted octanol–water partition coefficient (Wildman–Crippen LogP) is 3.04. The normalized spacial score (nSPS) is 10.5. The number of benzene rings is 1. The number of rotatable bonds is 5. The second-order valence-electron chi connectivity index (χ2n) is 3.27. The summed E-state index contributed by atoms with van der Waals surface area (Å²) in [7, 11) is 0. The van der Waals surface area contributed by atoms with Gasteiger partial charge in [0.25, 0.3) is 0 Å². The van der Waals surface area contributed by atoms with E-state index in [2.05, 4.69) is 6.92 Å². The number of esters is 1. The third kappa shape index (κ3) is 5.01. The van der Waals surface area contributed by atoms with E-state index in [1.54, 1.807) is 6.08 Å². The van der Waals surface area contributed by atoms with Crippen LogP contribution in [0.2, 0.25) is 0 Å². The first kappa shape index (κ1) is 11.5. The smallest absolute Gasteiger partial charge is 0.330 e. The Kier molecular flexibility index (Phi) is 5.23. The summed E-state index contributed by atoms with van der Waals surface area (Å²) in [5.74, 6) is -0.271. The molecule has 0 bridgehead atoms. The van der Waals surface area contributed by atoms with E-state index < -0.39 is 0 Å². The summed E-state index contributed by atoms with van der Waals surface area (Å²) in [6.45, 7) is 2.57. The molecule has 0 amide bonds. The molecule has 1 aromatic rings. The van der Waals surface area contributed by atoms with Crippen molar-refractivity contribution in [1.82, 2.24) is 0 Å². The van der Waals surface area contributed by atoms with Gasteiger partial charge in [-0.2, -0.15) is 0 Å². The molecule has 0 radical (unpaired) electrons. The number of unbranched alkanes of at least 4 members (excludes halogenated alkanes) is 1. The van der Waals surface area contributed by atoms with Crippen molar-refractivity contribution in [3.63, 3.8) is 0 Å². The molecule has 1 rings (SSSR count). The van der Waals surface area contributed by atoms with Gasteiger partial charge >= 0.3 is 5.97 Å². The third-order valence-electron chi connectivity index (χ3n) is 1.95. The molecular formula is C13H16O2. The lowest BCUT2D eigenvalue weighted by molar-refractivity contribution is -0.137. The summed E-state index contributed by atoms with van der Waals surface area (Å²) in [4.78, 5) is 11.2. The van der Waals surface area contributed by atoms with E-state index in [9.17, 15) is 4.79 Å². The topological polar surface area (TPSA) is 26.3 Å². The Bertz CT molecular complexity index is 315. The molecule has 0 fully saturated rings. The molecule has 0 aliphatic carbocycles. The lowest BCUT2D eigenvalue weighted by Gasteiger charge is -1.98. The van der Waals surface area contributed by atoms with Gasteiger partial charge in [-0.05, 0) is 18.1 Å². The Labute approximate surface area is 90.6 Å². The lowest BCUT2D eigenvalue weighted by Crippen LogP contribution is -2.01. The first-order chi connectivity index (χ1) is 7.33. The Hall–Kier alpha value is -1.57. The second-order valence-corrected chi connectivity index (χ2v) is 3.27. The zero-order valence-corrected chi connectivity index (χ0v) is 8.98. The maximum Gasteiger partial charge on any atom is 0.330 e. The largest absolute Gasteiger partial charge is 0.463 e. The van der Waals surface area contributed by atoms with Crippen molar-refractivity contribution in [3.05, 3.63) is 42.0 Å². The zero-order chi connectivity index (χ0) is 10.9. The lowest BCUT2D eigenvalue weighted by atomic mass is 10.2. The van der Waals surface area contributed by atoms with Crippen LogP contribution in [0.4, 0.5) is 0 Å². The highest BCUT2D eigenvalue weighted by Gasteiger charge is 1.95. The summed E-state index contributed by atoms with van der Waals surface area (Å²) in [6.07, 6.45) is 5.18. The zero-order valence-electron chi connectivity index (χ0n) is 8.98. The fraction of sp³-hybridized carbons (Fsp3) is 0.308. The van der Waals surface area contributed by atoms with E-state index in [0.717, 1.165) is 18.4 Å². The van der Waals surface area contributed by atoms with Gasteiger partial charge in [-0.1, -0.05) is 43.7 Å². The molecule has 0 atom stereocenters. The molecule has 0 aliphatic heterocycles. The van der Waals surface area contributed by atoms with Crippen LogP contribution >= 0.6 is 0 Å². The van der Waals surface area contributed by atoms with Crippen molar-refractivity contribution in [2.45, 2.75) is 19.8 Å². The van der Waals surface area contributed by atoms with Crippen LogP contribution < -0.4 is 0 Å². The fourth-order valence-electron chi connectivity index (χ4n) is 1.09. The molecule has 0 N–H and O–H groups in total. The minimum atomic E-state index is -0.271. The number of hydrogen-bond acceptors (Lipinski definition) is 2. The van der Waals surface area contributed by atoms with Gasteiger partial charge in [0.1, 0.15) is 0 Å². The standard InChI is InChI=1S/C13H16O2/c1-2-3-11-15-13(14)10-9-12-7-5-4-6-8-12/h4-10H,2-3,11H2,1H3/b10-9-. The average Bonchev–Trinajstić information content (AvgIpc) is 2.28. The molecule has 0 aromatic heterocycles. The summed E-state index contributed by atoms with van der Waals surface area (Å²) in [5, 5.41) is 0. The summed E-state index contributed by atoms with van der Waals surface area (Å²) >= 11 is 0. The molecule has 0 unspecified atom stereocenters. The molecular weight excluding hydrogens is 188 g/mol. The summed E-state index contributed by atoms with van der Waals surface area (Å²) < 4.78 is 4.98. The maximum atomic E-state index is 11.2. The van der Waals surface area contributed by atoms with E-state index in [0.29, 0.717) is 6.61 Å². The number of carbonyl (C=O) groups is 1. The van der Waals surface area contributed by atoms with Gasteiger partial charge in [0.05, 0.1) is 6.61 Å². The minimum Gasteiger partial charge on any atom is -0.463 e. The van der Waals surface area contributed by atoms with Gasteiger partial charge in [0.15, 0.2) is 0 Å². The van der Waals surface area contributed by atoms with E-state index in [-0.39, 0.29) is 5.97 Å². The third-order valence-corrected chi connectivity index (χ3v) is 1.95. The van der Waals surface area contributed by atoms with Crippen LogP contribution in [0.15, 0.2) is 36.4 Å². The molecule has 0 aliphatic rings. The highest BCUT2D eigenvalue weighted by Crippen LogP contribution is 2.01. The molecule has 1 aromatic carbocycles. The van der Waals surface area contributed by atoms with E-state index >= 15 is 0 Å². The van der Waals surface area contributed by atoms with Crippen molar-refractivity contribution in [1.29, 1.82) is 0 Å². The van der Waals surface area contributed by atoms with Crippen LogP contribution in [0.3, 0.4) is 0 Å². The molecule has 2 nitrogen and oxygen atoms in total. The highest BCUT2D eigenvalue weighted by atomic mass is 16.5. The van der Waals surface area contributed by atoms with Gasteiger partial charge < -0.3 is 4.74 Å². The fourth-order valence-corrected chi connectivity index (χ4v) is 1.09. The van der Waals surface area contributed by atoms with Crippen LogP contribution in [0, 0.1) is 0 Å². The monoisotopic (exact) mass is 204 g/mol. The first-order valence-corrected chi connectivity index (χ1v) is 5.23. The maximum absolute atomic E-state index is 11.2. The number of hydrogen-bond donors (Lipinski definition) is 0. The Balaban J connectivity index is 2.34. The number of ether oxygens (including phenoxy) is 1. The molecule has 0 saturated heterocycles. The SMILES string of the molecule is CCCCOC(=O)/C=C\c1ccccc1. The van der Waals surface area contributed by atoms with Crippen molar-refractivity contribution >= 4 is 12.0 Å². The minimum absolute atomic E-state index is 0.271. The van der Waals surface area contributed by atoms with Gasteiger partial charge in [-0.15, -0.1) is 0 Å². The van der Waals surface area contributed by atoms with E-state index in [4.69, 9.17) is 4.74 Å². The molecule has 2 heteroatoms. The molecule has 0 heterocycles. The Morgan fingerprint density at radius 3 is 2.73 bits per heavy atom. The molecule has 0 saturated carbocycles. The van der Waals surface area contributed by atoms with E-state index in [1.165, 1.54) is 6.08 Å². The van der Waals surface area contributed by atoms with Gasteiger partial charge in [0.2, 0.25) is 0 Å². The Morgan fingerprint density at radius 2 is 2.07 bits per heavy atom. The number of carbonyl (C=O) groups excluding carboxylic acids is 1. The summed E-state index contributed by atoms with van der Waals surface area (Å²) in [6, 6.07) is 9.69. The van der Waals surface area contributed by atoms with Crippen molar-refractivity contribution in [2.75, 3.05) is 6.61 Å². The van der Waals surface area contributed by atoms with Gasteiger partial charge in [-0.25, -0.2) is 4.79 Å². The molecule has 0 spiro atoms. The Morgan fingerprint density at radius 1 is 1.33 bits per heavy atom. The van der Waals surface area contributed by atoms with Crippen LogP contribution in [0.1, 0.15) is 25.3 Å². The van der Waals surface area contributed by atoms with Crippen molar-refractivity contribution in [3.8, 4) is 0 Å². The quantitative estimate of drug-likeness (QED) is 0.418. The van der Waals surface area contributed by atoms with Crippen molar-refractivity contribution in [2.24, 2.45) is 0 Å². The van der Waals surface area contributed by atoms with E-state index in [1.807, 2.05) is 30.3 Å². The first-order valence-electron chi connectivity index (χ1n) is 5.23. The molecule has 15 heavy (non-hydrogen) atoms. The second kappa shape index (κ2) is 6.82.